The van der Waals surface area contributed by atoms with E-state index in [0.29, 0.717) is 22.6 Å². The maximum Gasteiger partial charge on any atom is 0.173 e. The lowest BCUT2D eigenvalue weighted by atomic mass is 10.0. The highest BCUT2D eigenvalue weighted by atomic mass is 19.1. The predicted octanol–water partition coefficient (Wildman–Crippen LogP) is 2.22. The molecule has 0 atom stereocenters. The van der Waals surface area contributed by atoms with Crippen LogP contribution in [0.2, 0.25) is 0 Å². The number of hydrogen-bond donors (Lipinski definition) is 1. The Morgan fingerprint density at radius 3 is 2.67 bits per heavy atom. The molecule has 0 saturated carbocycles. The van der Waals surface area contributed by atoms with Crippen LogP contribution in [0.1, 0.15) is 5.56 Å². The van der Waals surface area contributed by atoms with Crippen LogP contribution < -0.4 is 10.5 Å². The molecule has 2 rings (SSSR count). The van der Waals surface area contributed by atoms with Crippen molar-refractivity contribution in [3.8, 4) is 17.1 Å². The quantitative estimate of drug-likeness (QED) is 0.903. The van der Waals surface area contributed by atoms with Gasteiger partial charge < -0.3 is 19.7 Å². The Balaban J connectivity index is 2.61. The van der Waals surface area contributed by atoms with Crippen LogP contribution in [-0.2, 0) is 11.3 Å². The van der Waals surface area contributed by atoms with Gasteiger partial charge in [-0.15, -0.1) is 0 Å². The van der Waals surface area contributed by atoms with E-state index in [1.807, 2.05) is 0 Å². The number of nitrogen functional groups attached to an aromatic ring is 1. The van der Waals surface area contributed by atoms with Crippen LogP contribution in [0.4, 0.5) is 10.2 Å². The second kappa shape index (κ2) is 5.05. The Labute approximate surface area is 103 Å². The van der Waals surface area contributed by atoms with E-state index in [1.165, 1.54) is 26.4 Å². The summed E-state index contributed by atoms with van der Waals surface area (Å²) >= 11 is 0. The van der Waals surface area contributed by atoms with Gasteiger partial charge in [-0.3, -0.25) is 0 Å². The summed E-state index contributed by atoms with van der Waals surface area (Å²) in [5.41, 5.74) is 6.70. The number of hydrogen-bond acceptors (Lipinski definition) is 5. The first-order valence-corrected chi connectivity index (χ1v) is 5.23. The van der Waals surface area contributed by atoms with Crippen LogP contribution in [0.15, 0.2) is 22.7 Å². The molecule has 6 heteroatoms. The van der Waals surface area contributed by atoms with Crippen molar-refractivity contribution in [1.29, 1.82) is 0 Å². The number of anilines is 1. The summed E-state index contributed by atoms with van der Waals surface area (Å²) < 4.78 is 28.7. The molecule has 0 radical (unpaired) electrons. The van der Waals surface area contributed by atoms with Gasteiger partial charge in [0, 0.05) is 19.2 Å². The summed E-state index contributed by atoms with van der Waals surface area (Å²) in [6.07, 6.45) is 0. The largest absolute Gasteiger partial charge is 0.496 e. The van der Waals surface area contributed by atoms with E-state index in [2.05, 4.69) is 5.16 Å². The van der Waals surface area contributed by atoms with Crippen molar-refractivity contribution in [3.63, 3.8) is 0 Å². The van der Waals surface area contributed by atoms with E-state index >= 15 is 0 Å². The van der Waals surface area contributed by atoms with E-state index in [9.17, 15) is 4.39 Å². The maximum absolute atomic E-state index is 13.4. The van der Waals surface area contributed by atoms with Gasteiger partial charge in [0.25, 0.3) is 0 Å². The monoisotopic (exact) mass is 252 g/mol. The first-order valence-electron chi connectivity index (χ1n) is 5.23. The smallest absolute Gasteiger partial charge is 0.173 e. The highest BCUT2D eigenvalue weighted by Crippen LogP contribution is 2.35. The van der Waals surface area contributed by atoms with Crippen molar-refractivity contribution in [1.82, 2.24) is 5.16 Å². The number of nitrogens with zero attached hydrogens (tertiary/aromatic N) is 1. The van der Waals surface area contributed by atoms with Crippen LogP contribution >= 0.6 is 0 Å². The molecule has 0 unspecified atom stereocenters. The van der Waals surface area contributed by atoms with Crippen LogP contribution in [0, 0.1) is 5.82 Å². The molecule has 0 aliphatic carbocycles. The van der Waals surface area contributed by atoms with Crippen molar-refractivity contribution in [2.24, 2.45) is 0 Å². The normalized spacial score (nSPS) is 10.6. The molecule has 96 valence electrons. The average molecular weight is 252 g/mol. The standard InChI is InChI=1S/C12H13FN2O3/c1-16-6-7-3-8(13)4-9(17-2)12(7)10-5-11(14)15-18-10/h3-5H,6H2,1-2H3,(H2,14,15). The second-order valence-electron chi connectivity index (χ2n) is 3.69. The fourth-order valence-corrected chi connectivity index (χ4v) is 1.75. The second-order valence-corrected chi connectivity index (χ2v) is 3.69. The zero-order chi connectivity index (χ0) is 13.1. The molecule has 1 heterocycles. The Morgan fingerprint density at radius 2 is 2.11 bits per heavy atom. The fourth-order valence-electron chi connectivity index (χ4n) is 1.75. The number of methoxy groups -OCH3 is 2. The number of rotatable bonds is 4. The van der Waals surface area contributed by atoms with Gasteiger partial charge >= 0.3 is 0 Å². The number of ether oxygens (including phenoxy) is 2. The van der Waals surface area contributed by atoms with Crippen molar-refractivity contribution < 1.29 is 18.4 Å². The minimum atomic E-state index is -0.407. The van der Waals surface area contributed by atoms with Crippen LogP contribution in [0.25, 0.3) is 11.3 Å². The van der Waals surface area contributed by atoms with E-state index in [0.717, 1.165) is 0 Å². The van der Waals surface area contributed by atoms with Crippen LogP contribution in [-0.4, -0.2) is 19.4 Å². The molecule has 0 aliphatic heterocycles. The number of aromatic nitrogens is 1. The van der Waals surface area contributed by atoms with Gasteiger partial charge in [-0.2, -0.15) is 0 Å². The molecule has 2 N–H and O–H groups in total. The molecule has 1 aromatic heterocycles. The number of nitrogens with two attached hydrogens (primary N) is 1. The Kier molecular flexibility index (Phi) is 3.47. The topological polar surface area (TPSA) is 70.5 Å². The average Bonchev–Trinajstić information content (AvgIpc) is 2.75. The molecule has 0 spiro atoms. The molecule has 2 aromatic rings. The third kappa shape index (κ3) is 2.28. The third-order valence-corrected chi connectivity index (χ3v) is 2.44. The van der Waals surface area contributed by atoms with Crippen LogP contribution in [0.3, 0.4) is 0 Å². The minimum absolute atomic E-state index is 0.226. The Bertz CT molecular complexity index is 554. The Hall–Kier alpha value is -2.08. The number of benzene rings is 1. The molecule has 0 fully saturated rings. The highest BCUT2D eigenvalue weighted by molar-refractivity contribution is 5.71. The maximum atomic E-state index is 13.4. The van der Waals surface area contributed by atoms with Gasteiger partial charge in [-0.05, 0) is 11.6 Å². The molecular weight excluding hydrogens is 239 g/mol. The first kappa shape index (κ1) is 12.4. The molecule has 0 aliphatic rings. The zero-order valence-corrected chi connectivity index (χ0v) is 10.1. The van der Waals surface area contributed by atoms with Gasteiger partial charge in [0.2, 0.25) is 0 Å². The van der Waals surface area contributed by atoms with E-state index in [1.54, 1.807) is 6.07 Å². The van der Waals surface area contributed by atoms with E-state index in [4.69, 9.17) is 19.7 Å². The van der Waals surface area contributed by atoms with Crippen molar-refractivity contribution in [2.45, 2.75) is 6.61 Å². The molecule has 5 nitrogen and oxygen atoms in total. The summed E-state index contributed by atoms with van der Waals surface area (Å²) in [5.74, 6) is 0.601. The van der Waals surface area contributed by atoms with E-state index < -0.39 is 5.82 Å². The highest BCUT2D eigenvalue weighted by Gasteiger charge is 2.17. The van der Waals surface area contributed by atoms with Crippen molar-refractivity contribution in [2.75, 3.05) is 20.0 Å². The number of halogens is 1. The van der Waals surface area contributed by atoms with Crippen molar-refractivity contribution >= 4 is 5.82 Å². The van der Waals surface area contributed by atoms with Gasteiger partial charge in [-0.1, -0.05) is 5.16 Å². The summed E-state index contributed by atoms with van der Waals surface area (Å²) in [4.78, 5) is 0. The molecule has 1 aromatic carbocycles. The lowest BCUT2D eigenvalue weighted by Gasteiger charge is -2.11. The minimum Gasteiger partial charge on any atom is -0.496 e. The molecule has 18 heavy (non-hydrogen) atoms. The Morgan fingerprint density at radius 1 is 1.33 bits per heavy atom. The summed E-state index contributed by atoms with van der Waals surface area (Å²) in [5, 5.41) is 3.60. The van der Waals surface area contributed by atoms with Gasteiger partial charge in [0.15, 0.2) is 11.6 Å². The van der Waals surface area contributed by atoms with Crippen molar-refractivity contribution in [3.05, 3.63) is 29.6 Å². The SMILES string of the molecule is COCc1cc(F)cc(OC)c1-c1cc(N)no1. The summed E-state index contributed by atoms with van der Waals surface area (Å²) in [6, 6.07) is 4.18. The first-order chi connectivity index (χ1) is 8.65. The predicted molar refractivity (Wildman–Crippen MR) is 63.6 cm³/mol. The van der Waals surface area contributed by atoms with E-state index in [-0.39, 0.29) is 12.4 Å². The van der Waals surface area contributed by atoms with Gasteiger partial charge in [0.05, 0.1) is 19.3 Å². The fraction of sp³-hybridized carbons (Fsp3) is 0.250. The van der Waals surface area contributed by atoms with Crippen LogP contribution in [0.5, 0.6) is 5.75 Å². The van der Waals surface area contributed by atoms with Gasteiger partial charge in [0.1, 0.15) is 11.6 Å². The lowest BCUT2D eigenvalue weighted by molar-refractivity contribution is 0.184. The molecular formula is C12H13FN2O3. The third-order valence-electron chi connectivity index (χ3n) is 2.44. The summed E-state index contributed by atoms with van der Waals surface area (Å²) in [7, 11) is 2.98. The zero-order valence-electron chi connectivity index (χ0n) is 10.1. The molecule has 0 bridgehead atoms. The molecule has 0 saturated heterocycles. The molecule has 0 amide bonds. The lowest BCUT2D eigenvalue weighted by Crippen LogP contribution is -1.97. The summed E-state index contributed by atoms with van der Waals surface area (Å²) in [6.45, 7) is 0.226. The van der Waals surface area contributed by atoms with Gasteiger partial charge in [-0.25, -0.2) is 4.39 Å².